The summed E-state index contributed by atoms with van der Waals surface area (Å²) in [5, 5.41) is 14.7. The first-order chi connectivity index (χ1) is 22.8. The van der Waals surface area contributed by atoms with Crippen molar-refractivity contribution < 1.29 is 14.5 Å². The Morgan fingerprint density at radius 2 is 1.21 bits per heavy atom. The first kappa shape index (κ1) is 42.5. The third kappa shape index (κ3) is 20.5. The van der Waals surface area contributed by atoms with E-state index in [1.54, 1.807) is 12.1 Å². The average Bonchev–Trinajstić information content (AvgIpc) is 3.07. The highest BCUT2D eigenvalue weighted by Gasteiger charge is 2.22. The van der Waals surface area contributed by atoms with Gasteiger partial charge in [0.15, 0.2) is 0 Å². The van der Waals surface area contributed by atoms with Gasteiger partial charge in [-0.3, -0.25) is 19.7 Å². The Morgan fingerprint density at radius 1 is 0.745 bits per heavy atom. The van der Waals surface area contributed by atoms with Gasteiger partial charge in [0.2, 0.25) is 5.91 Å². The Hall–Kier alpha value is -2.52. The summed E-state index contributed by atoms with van der Waals surface area (Å²) in [4.78, 5) is 39.5. The second kappa shape index (κ2) is 28.5. The molecule has 0 bridgehead atoms. The van der Waals surface area contributed by atoms with Crippen LogP contribution in [0.2, 0.25) is 0 Å². The SMILES string of the molecule is CCCCCCCCCCCCN(CCCCCCCCCCCC)C(=O)c1ccc(CNC(=O)[C@@H](N)CCCCN)c([N+](=O)[O-])c1. The zero-order valence-electron chi connectivity index (χ0n) is 30.1. The molecule has 0 aliphatic rings. The number of nitrogens with two attached hydrogens (primary N) is 2. The van der Waals surface area contributed by atoms with Gasteiger partial charge in [0.25, 0.3) is 11.6 Å². The first-order valence-electron chi connectivity index (χ1n) is 19.2. The molecule has 1 rings (SSSR count). The number of carbonyl (C=O) groups excluding carboxylic acids is 2. The van der Waals surface area contributed by atoms with E-state index in [0.29, 0.717) is 37.2 Å². The van der Waals surface area contributed by atoms with Gasteiger partial charge in [-0.15, -0.1) is 0 Å². The molecular formula is C38H69N5O4. The van der Waals surface area contributed by atoms with Crippen LogP contribution in [0.1, 0.15) is 177 Å². The highest BCUT2D eigenvalue weighted by atomic mass is 16.6. The van der Waals surface area contributed by atoms with Crippen molar-refractivity contribution in [3.8, 4) is 0 Å². The highest BCUT2D eigenvalue weighted by Crippen LogP contribution is 2.22. The number of nitrogens with zero attached hydrogens (tertiary/aromatic N) is 2. The van der Waals surface area contributed by atoms with E-state index in [2.05, 4.69) is 19.2 Å². The van der Waals surface area contributed by atoms with Gasteiger partial charge >= 0.3 is 0 Å². The molecule has 0 aromatic heterocycles. The summed E-state index contributed by atoms with van der Waals surface area (Å²) in [5.74, 6) is -0.506. The number of hydrogen-bond acceptors (Lipinski definition) is 6. The summed E-state index contributed by atoms with van der Waals surface area (Å²) in [7, 11) is 0. The lowest BCUT2D eigenvalue weighted by atomic mass is 10.0. The summed E-state index contributed by atoms with van der Waals surface area (Å²) < 4.78 is 0. The molecule has 1 atom stereocenters. The molecule has 270 valence electrons. The average molecular weight is 660 g/mol. The molecule has 0 spiro atoms. The van der Waals surface area contributed by atoms with Crippen LogP contribution >= 0.6 is 0 Å². The molecule has 0 unspecified atom stereocenters. The van der Waals surface area contributed by atoms with Crippen LogP contribution < -0.4 is 16.8 Å². The highest BCUT2D eigenvalue weighted by molar-refractivity contribution is 5.95. The van der Waals surface area contributed by atoms with E-state index in [4.69, 9.17) is 11.5 Å². The normalized spacial score (nSPS) is 11.8. The maximum Gasteiger partial charge on any atom is 0.275 e. The van der Waals surface area contributed by atoms with Crippen LogP contribution in [0.5, 0.6) is 0 Å². The van der Waals surface area contributed by atoms with Crippen LogP contribution in [0, 0.1) is 10.1 Å². The van der Waals surface area contributed by atoms with Gasteiger partial charge in [-0.25, -0.2) is 0 Å². The molecule has 0 radical (unpaired) electrons. The molecule has 1 aromatic rings. The third-order valence-corrected chi connectivity index (χ3v) is 9.14. The molecule has 0 fully saturated rings. The van der Waals surface area contributed by atoms with Gasteiger partial charge in [0.05, 0.1) is 11.0 Å². The molecular weight excluding hydrogens is 590 g/mol. The molecule has 0 saturated carbocycles. The summed E-state index contributed by atoms with van der Waals surface area (Å²) in [6, 6.07) is 3.92. The van der Waals surface area contributed by atoms with Crippen LogP contribution in [0.15, 0.2) is 18.2 Å². The molecule has 1 aromatic carbocycles. The number of nitro groups is 1. The van der Waals surface area contributed by atoms with Crippen LogP contribution in [0.25, 0.3) is 0 Å². The quantitative estimate of drug-likeness (QED) is 0.0412. The monoisotopic (exact) mass is 660 g/mol. The van der Waals surface area contributed by atoms with Crippen LogP contribution in [-0.2, 0) is 11.3 Å². The van der Waals surface area contributed by atoms with Gasteiger partial charge in [0, 0.05) is 36.8 Å². The largest absolute Gasteiger partial charge is 0.350 e. The standard InChI is InChI=1S/C38H69N5O4/c1-3-5-7-9-11-13-15-17-19-23-29-42(30-24-20-18-16-14-12-10-8-6-4-2)38(45)33-26-27-34(36(31-33)43(46)47)32-41-37(44)35(40)25-21-22-28-39/h26-27,31,35H,3-25,28-30,32,39-40H2,1-2H3,(H,41,44)/t35-/m0/s1. The zero-order chi connectivity index (χ0) is 34.5. The van der Waals surface area contributed by atoms with Crippen LogP contribution in [-0.4, -0.2) is 47.3 Å². The number of nitro benzene ring substituents is 1. The van der Waals surface area contributed by atoms with E-state index in [0.717, 1.165) is 38.5 Å². The van der Waals surface area contributed by atoms with Crippen molar-refractivity contribution in [2.75, 3.05) is 19.6 Å². The lowest BCUT2D eigenvalue weighted by molar-refractivity contribution is -0.385. The molecule has 9 nitrogen and oxygen atoms in total. The number of carbonyl (C=O) groups is 2. The Morgan fingerprint density at radius 3 is 1.66 bits per heavy atom. The van der Waals surface area contributed by atoms with Crippen molar-refractivity contribution >= 4 is 17.5 Å². The summed E-state index contributed by atoms with van der Waals surface area (Å²) >= 11 is 0. The second-order valence-corrected chi connectivity index (χ2v) is 13.4. The molecule has 5 N–H and O–H groups in total. The number of hydrogen-bond donors (Lipinski definition) is 3. The Kier molecular flexibility index (Phi) is 25.8. The number of nitrogens with one attached hydrogen (secondary N) is 1. The maximum absolute atomic E-state index is 13.7. The minimum atomic E-state index is -0.688. The summed E-state index contributed by atoms with van der Waals surface area (Å²) in [5.41, 5.74) is 12.0. The van der Waals surface area contributed by atoms with Gasteiger partial charge in [-0.1, -0.05) is 136 Å². The predicted molar refractivity (Wildman–Crippen MR) is 195 cm³/mol. The van der Waals surface area contributed by atoms with E-state index < -0.39 is 11.0 Å². The fraction of sp³-hybridized carbons (Fsp3) is 0.789. The van der Waals surface area contributed by atoms with Crippen molar-refractivity contribution in [2.24, 2.45) is 11.5 Å². The van der Waals surface area contributed by atoms with E-state index >= 15 is 0 Å². The summed E-state index contributed by atoms with van der Waals surface area (Å²) in [6.45, 7) is 6.35. The predicted octanol–water partition coefficient (Wildman–Crippen LogP) is 8.95. The molecule has 0 heterocycles. The Balaban J connectivity index is 2.74. The lowest BCUT2D eigenvalue weighted by Gasteiger charge is -2.23. The van der Waals surface area contributed by atoms with Crippen molar-refractivity contribution in [3.05, 3.63) is 39.4 Å². The number of benzene rings is 1. The Labute approximate surface area is 286 Å². The molecule has 0 aliphatic carbocycles. The van der Waals surface area contributed by atoms with Gasteiger partial charge in [0.1, 0.15) is 0 Å². The van der Waals surface area contributed by atoms with Gasteiger partial charge < -0.3 is 21.7 Å². The minimum Gasteiger partial charge on any atom is -0.350 e. The van der Waals surface area contributed by atoms with E-state index in [1.165, 1.54) is 109 Å². The number of amides is 2. The van der Waals surface area contributed by atoms with Crippen molar-refractivity contribution in [1.29, 1.82) is 0 Å². The van der Waals surface area contributed by atoms with E-state index in [-0.39, 0.29) is 24.0 Å². The molecule has 2 amide bonds. The summed E-state index contributed by atoms with van der Waals surface area (Å²) in [6.07, 6.45) is 26.6. The lowest BCUT2D eigenvalue weighted by Crippen LogP contribution is -2.40. The van der Waals surface area contributed by atoms with Crippen LogP contribution in [0.3, 0.4) is 0 Å². The molecule has 0 aliphatic heterocycles. The number of rotatable bonds is 31. The molecule has 9 heteroatoms. The van der Waals surface area contributed by atoms with Gasteiger partial charge in [-0.05, 0) is 44.4 Å². The van der Waals surface area contributed by atoms with Crippen molar-refractivity contribution in [1.82, 2.24) is 10.2 Å². The van der Waals surface area contributed by atoms with Crippen molar-refractivity contribution in [2.45, 2.75) is 174 Å². The minimum absolute atomic E-state index is 0.0187. The molecule has 47 heavy (non-hydrogen) atoms. The third-order valence-electron chi connectivity index (χ3n) is 9.14. The van der Waals surface area contributed by atoms with E-state index in [1.807, 2.05) is 4.90 Å². The van der Waals surface area contributed by atoms with E-state index in [9.17, 15) is 19.7 Å². The number of unbranched alkanes of at least 4 members (excludes halogenated alkanes) is 19. The second-order valence-electron chi connectivity index (χ2n) is 13.4. The fourth-order valence-electron chi connectivity index (χ4n) is 6.05. The Bertz CT molecular complexity index is 949. The first-order valence-corrected chi connectivity index (χ1v) is 19.2. The maximum atomic E-state index is 13.7. The topological polar surface area (TPSA) is 145 Å². The van der Waals surface area contributed by atoms with Crippen LogP contribution in [0.4, 0.5) is 5.69 Å². The molecule has 0 saturated heterocycles. The fourth-order valence-corrected chi connectivity index (χ4v) is 6.05. The van der Waals surface area contributed by atoms with Gasteiger partial charge in [-0.2, -0.15) is 0 Å². The van der Waals surface area contributed by atoms with Crippen molar-refractivity contribution in [3.63, 3.8) is 0 Å². The zero-order valence-corrected chi connectivity index (χ0v) is 30.1. The smallest absolute Gasteiger partial charge is 0.275 e.